The second kappa shape index (κ2) is 3.99. The number of nitrogens with zero attached hydrogens (tertiary/aromatic N) is 2. The molecule has 0 bridgehead atoms. The second-order valence-electron chi connectivity index (χ2n) is 2.69. The maximum absolute atomic E-state index is 11.5. The Balaban J connectivity index is 3.51. The Kier molecular flexibility index (Phi) is 2.93. The molecule has 0 atom stereocenters. The van der Waals surface area contributed by atoms with E-state index < -0.39 is 23.2 Å². The zero-order valence-electron chi connectivity index (χ0n) is 8.22. The minimum absolute atomic E-state index is 0.141. The van der Waals surface area contributed by atoms with E-state index in [0.29, 0.717) is 0 Å². The first-order valence-corrected chi connectivity index (χ1v) is 4.15. The van der Waals surface area contributed by atoms with Crippen molar-refractivity contribution in [1.82, 2.24) is 9.55 Å². The van der Waals surface area contributed by atoms with Crippen LogP contribution in [0.2, 0.25) is 0 Å². The minimum atomic E-state index is -1.42. The van der Waals surface area contributed by atoms with Crippen LogP contribution in [0.25, 0.3) is 0 Å². The van der Waals surface area contributed by atoms with Crippen molar-refractivity contribution in [1.29, 1.82) is 0 Å². The molecule has 0 fully saturated rings. The molecule has 1 aromatic heterocycles. The number of aromatic hydroxyl groups is 1. The van der Waals surface area contributed by atoms with Crippen LogP contribution in [-0.2, 0) is 7.05 Å². The Morgan fingerprint density at radius 3 is 2.67 bits per heavy atom. The minimum Gasteiger partial charge on any atom is -0.486 e. The van der Waals surface area contributed by atoms with Crippen molar-refractivity contribution in [2.75, 3.05) is 6.61 Å². The molecule has 1 rings (SSSR count). The number of hydrogen-bond acceptors (Lipinski definition) is 5. The fourth-order valence-corrected chi connectivity index (χ4v) is 0.990. The van der Waals surface area contributed by atoms with Crippen molar-refractivity contribution in [2.24, 2.45) is 7.05 Å². The lowest BCUT2D eigenvalue weighted by atomic mass is 10.3. The summed E-state index contributed by atoms with van der Waals surface area (Å²) in [5.74, 6) is -1.79. The van der Waals surface area contributed by atoms with Gasteiger partial charge >= 0.3 is 5.97 Å². The average molecular weight is 214 g/mol. The number of rotatable bonds is 3. The molecule has 7 heteroatoms. The topological polar surface area (TPSA) is 102 Å². The van der Waals surface area contributed by atoms with Crippen LogP contribution in [0.15, 0.2) is 4.79 Å². The summed E-state index contributed by atoms with van der Waals surface area (Å²) in [7, 11) is 1.26. The van der Waals surface area contributed by atoms with E-state index in [0.717, 1.165) is 4.57 Å². The Labute approximate surface area is 84.6 Å². The number of carboxylic acids is 1. The Bertz CT molecular complexity index is 451. The largest absolute Gasteiger partial charge is 0.486 e. The van der Waals surface area contributed by atoms with Gasteiger partial charge in [-0.15, -0.1) is 0 Å². The van der Waals surface area contributed by atoms with Gasteiger partial charge in [0.05, 0.1) is 6.61 Å². The highest BCUT2D eigenvalue weighted by Crippen LogP contribution is 2.13. The van der Waals surface area contributed by atoms with Gasteiger partial charge in [0.15, 0.2) is 0 Å². The maximum atomic E-state index is 11.5. The fraction of sp³-hybridized carbons (Fsp3) is 0.375. The van der Waals surface area contributed by atoms with Crippen LogP contribution < -0.4 is 10.3 Å². The number of carbonyl (C=O) groups is 1. The van der Waals surface area contributed by atoms with Gasteiger partial charge in [-0.3, -0.25) is 9.36 Å². The van der Waals surface area contributed by atoms with E-state index in [4.69, 9.17) is 14.9 Å². The van der Waals surface area contributed by atoms with Crippen molar-refractivity contribution in [3.8, 4) is 11.8 Å². The van der Waals surface area contributed by atoms with Crippen molar-refractivity contribution < 1.29 is 19.7 Å². The molecular weight excluding hydrogens is 204 g/mol. The van der Waals surface area contributed by atoms with Gasteiger partial charge in [0.25, 0.3) is 11.6 Å². The quantitative estimate of drug-likeness (QED) is 0.708. The molecule has 0 aliphatic carbocycles. The molecule has 0 aliphatic rings. The third-order valence-electron chi connectivity index (χ3n) is 1.72. The Morgan fingerprint density at radius 2 is 2.20 bits per heavy atom. The molecule has 15 heavy (non-hydrogen) atoms. The van der Waals surface area contributed by atoms with E-state index in [2.05, 4.69) is 4.98 Å². The normalized spacial score (nSPS) is 10.0. The van der Waals surface area contributed by atoms with Gasteiger partial charge in [0.1, 0.15) is 0 Å². The lowest BCUT2D eigenvalue weighted by Crippen LogP contribution is -2.24. The van der Waals surface area contributed by atoms with Crippen molar-refractivity contribution in [3.63, 3.8) is 0 Å². The van der Waals surface area contributed by atoms with Crippen LogP contribution in [0.3, 0.4) is 0 Å². The van der Waals surface area contributed by atoms with Gasteiger partial charge in [-0.2, -0.15) is 4.98 Å². The molecule has 2 N–H and O–H groups in total. The molecule has 0 spiro atoms. The number of ether oxygens (including phenoxy) is 1. The van der Waals surface area contributed by atoms with Crippen LogP contribution in [0.4, 0.5) is 0 Å². The van der Waals surface area contributed by atoms with Crippen molar-refractivity contribution in [3.05, 3.63) is 16.0 Å². The summed E-state index contributed by atoms with van der Waals surface area (Å²) < 4.78 is 5.68. The van der Waals surface area contributed by atoms with Gasteiger partial charge < -0.3 is 14.9 Å². The molecule has 0 aliphatic heterocycles. The molecule has 82 valence electrons. The van der Waals surface area contributed by atoms with E-state index in [1.165, 1.54) is 7.05 Å². The van der Waals surface area contributed by atoms with Crippen LogP contribution in [0.1, 0.15) is 17.4 Å². The van der Waals surface area contributed by atoms with E-state index >= 15 is 0 Å². The number of aromatic carboxylic acids is 1. The third-order valence-corrected chi connectivity index (χ3v) is 1.72. The SMILES string of the molecule is CCOc1c(C(=O)O)nc(O)n(C)c1=O. The lowest BCUT2D eigenvalue weighted by Gasteiger charge is -2.08. The summed E-state index contributed by atoms with van der Waals surface area (Å²) >= 11 is 0. The number of hydrogen-bond donors (Lipinski definition) is 2. The molecule has 0 aromatic carbocycles. The first-order valence-electron chi connectivity index (χ1n) is 4.15. The van der Waals surface area contributed by atoms with Crippen LogP contribution in [0.5, 0.6) is 11.8 Å². The van der Waals surface area contributed by atoms with Gasteiger partial charge in [-0.25, -0.2) is 4.79 Å². The summed E-state index contributed by atoms with van der Waals surface area (Å²) in [4.78, 5) is 25.5. The lowest BCUT2D eigenvalue weighted by molar-refractivity contribution is 0.0683. The molecule has 0 amide bonds. The van der Waals surface area contributed by atoms with E-state index in [1.54, 1.807) is 6.92 Å². The van der Waals surface area contributed by atoms with Gasteiger partial charge in [0, 0.05) is 7.05 Å². The zero-order chi connectivity index (χ0) is 11.6. The standard InChI is InChI=1S/C8H10N2O5/c1-3-15-5-4(7(12)13)9-8(14)10(2)6(5)11/h3H2,1-2H3,(H,9,14)(H,12,13). The van der Waals surface area contributed by atoms with E-state index in [-0.39, 0.29) is 12.4 Å². The molecule has 1 aromatic rings. The Morgan fingerprint density at radius 1 is 1.60 bits per heavy atom. The molecule has 7 nitrogen and oxygen atoms in total. The first kappa shape index (κ1) is 11.0. The van der Waals surface area contributed by atoms with Crippen molar-refractivity contribution in [2.45, 2.75) is 6.92 Å². The predicted molar refractivity (Wildman–Crippen MR) is 49.3 cm³/mol. The van der Waals surface area contributed by atoms with Crippen LogP contribution in [-0.4, -0.2) is 32.3 Å². The highest BCUT2D eigenvalue weighted by molar-refractivity contribution is 5.88. The molecule has 0 radical (unpaired) electrons. The molecule has 0 saturated heterocycles. The predicted octanol–water partition coefficient (Wildman–Crippen LogP) is -0.417. The van der Waals surface area contributed by atoms with E-state index in [1.807, 2.05) is 0 Å². The van der Waals surface area contributed by atoms with Crippen molar-refractivity contribution >= 4 is 5.97 Å². The summed E-state index contributed by atoms with van der Waals surface area (Å²) in [5, 5.41) is 17.9. The average Bonchev–Trinajstić information content (AvgIpc) is 2.18. The van der Waals surface area contributed by atoms with Gasteiger partial charge in [0.2, 0.25) is 11.4 Å². The zero-order valence-corrected chi connectivity index (χ0v) is 8.22. The summed E-state index contributed by atoms with van der Waals surface area (Å²) in [5.41, 5.74) is -1.32. The van der Waals surface area contributed by atoms with Gasteiger partial charge in [-0.1, -0.05) is 0 Å². The maximum Gasteiger partial charge on any atom is 0.358 e. The third kappa shape index (κ3) is 1.90. The first-order chi connectivity index (χ1) is 6.99. The molecular formula is C8H10N2O5. The van der Waals surface area contributed by atoms with Crippen LogP contribution >= 0.6 is 0 Å². The summed E-state index contributed by atoms with van der Waals surface area (Å²) in [6, 6.07) is -0.666. The summed E-state index contributed by atoms with van der Waals surface area (Å²) in [6.07, 6.45) is 0. The molecule has 1 heterocycles. The monoisotopic (exact) mass is 214 g/mol. The smallest absolute Gasteiger partial charge is 0.358 e. The summed E-state index contributed by atoms with van der Waals surface area (Å²) in [6.45, 7) is 1.75. The molecule has 0 unspecified atom stereocenters. The second-order valence-corrected chi connectivity index (χ2v) is 2.69. The fourth-order valence-electron chi connectivity index (χ4n) is 0.990. The number of aromatic nitrogens is 2. The number of carboxylic acid groups (broad SMARTS) is 1. The van der Waals surface area contributed by atoms with Gasteiger partial charge in [-0.05, 0) is 6.92 Å². The Hall–Kier alpha value is -2.05. The highest BCUT2D eigenvalue weighted by atomic mass is 16.5. The molecule has 0 saturated carbocycles. The highest BCUT2D eigenvalue weighted by Gasteiger charge is 2.20. The van der Waals surface area contributed by atoms with Crippen LogP contribution in [0, 0.1) is 0 Å². The van der Waals surface area contributed by atoms with E-state index in [9.17, 15) is 9.59 Å².